The number of hydrogen-bond donors (Lipinski definition) is 0. The number of thioether (sulfide) groups is 1. The number of ether oxygens (including phenoxy) is 1. The molecule has 0 spiro atoms. The van der Waals surface area contributed by atoms with Gasteiger partial charge in [0.05, 0.1) is 13.2 Å². The van der Waals surface area contributed by atoms with Gasteiger partial charge in [-0.2, -0.15) is 11.8 Å². The molecule has 1 aromatic carbocycles. The first kappa shape index (κ1) is 9.81. The maximum atomic E-state index is 5.57. The molecule has 14 heavy (non-hydrogen) atoms. The van der Waals surface area contributed by atoms with Crippen molar-refractivity contribution in [1.82, 2.24) is 0 Å². The Morgan fingerprint density at radius 1 is 1.43 bits per heavy atom. The van der Waals surface area contributed by atoms with Gasteiger partial charge in [-0.3, -0.25) is 0 Å². The second-order valence-electron chi connectivity index (χ2n) is 3.42. The third-order valence-corrected chi connectivity index (χ3v) is 3.13. The van der Waals surface area contributed by atoms with E-state index in [2.05, 4.69) is 30.8 Å². The average molecular weight is 206 g/mol. The first-order valence-corrected chi connectivity index (χ1v) is 5.84. The van der Waals surface area contributed by atoms with Gasteiger partial charge < -0.3 is 4.74 Å². The van der Waals surface area contributed by atoms with E-state index in [9.17, 15) is 0 Å². The van der Waals surface area contributed by atoms with Crippen LogP contribution in [0.3, 0.4) is 0 Å². The molecular weight excluding hydrogens is 192 g/mol. The zero-order chi connectivity index (χ0) is 9.80. The molecule has 0 bridgehead atoms. The monoisotopic (exact) mass is 206 g/mol. The van der Waals surface area contributed by atoms with E-state index in [4.69, 9.17) is 4.74 Å². The largest absolute Gasteiger partial charge is 0.376 e. The summed E-state index contributed by atoms with van der Waals surface area (Å²) in [5.74, 6) is 1.27. The molecule has 1 saturated heterocycles. The zero-order valence-corrected chi connectivity index (χ0v) is 8.93. The van der Waals surface area contributed by atoms with Crippen molar-refractivity contribution in [3.05, 3.63) is 42.0 Å². The van der Waals surface area contributed by atoms with Crippen molar-refractivity contribution < 1.29 is 4.74 Å². The van der Waals surface area contributed by atoms with Crippen LogP contribution in [0.4, 0.5) is 0 Å². The fraction of sp³-hybridized carbons (Fsp3) is 0.333. The van der Waals surface area contributed by atoms with Crippen LogP contribution in [0.5, 0.6) is 0 Å². The minimum atomic E-state index is 0.731. The first-order valence-electron chi connectivity index (χ1n) is 4.79. The molecule has 1 nitrogen and oxygen atoms in total. The summed E-state index contributed by atoms with van der Waals surface area (Å²) in [6, 6.07) is 8.32. The van der Waals surface area contributed by atoms with E-state index < -0.39 is 0 Å². The molecule has 2 heteroatoms. The lowest BCUT2D eigenvalue weighted by Gasteiger charge is -2.02. The van der Waals surface area contributed by atoms with Gasteiger partial charge in [-0.15, -0.1) is 0 Å². The van der Waals surface area contributed by atoms with Gasteiger partial charge in [0, 0.05) is 11.0 Å². The van der Waals surface area contributed by atoms with Gasteiger partial charge in [0.1, 0.15) is 0 Å². The Kier molecular flexibility index (Phi) is 3.27. The quantitative estimate of drug-likeness (QED) is 0.685. The van der Waals surface area contributed by atoms with E-state index >= 15 is 0 Å². The molecule has 0 saturated carbocycles. The Hall–Kier alpha value is -0.730. The van der Waals surface area contributed by atoms with Gasteiger partial charge >= 0.3 is 0 Å². The van der Waals surface area contributed by atoms with E-state index in [1.165, 1.54) is 11.3 Å². The van der Waals surface area contributed by atoms with Crippen LogP contribution in [0.25, 0.3) is 6.08 Å². The Morgan fingerprint density at radius 3 is 2.71 bits per heavy atom. The Bertz CT molecular complexity index is 301. The SMILES string of the molecule is C=Cc1ccc(COCC2CS2)cc1. The summed E-state index contributed by atoms with van der Waals surface area (Å²) in [4.78, 5) is 0. The summed E-state index contributed by atoms with van der Waals surface area (Å²) in [6.07, 6.45) is 1.85. The molecule has 2 rings (SSSR count). The highest BCUT2D eigenvalue weighted by Gasteiger charge is 2.21. The predicted octanol–water partition coefficient (Wildman–Crippen LogP) is 2.96. The van der Waals surface area contributed by atoms with Gasteiger partial charge in [0.25, 0.3) is 0 Å². The Balaban J connectivity index is 1.79. The Labute approximate surface area is 89.2 Å². The van der Waals surface area contributed by atoms with Gasteiger partial charge in [-0.1, -0.05) is 36.9 Å². The van der Waals surface area contributed by atoms with E-state index in [-0.39, 0.29) is 0 Å². The summed E-state index contributed by atoms with van der Waals surface area (Å²) in [5, 5.41) is 0.766. The molecule has 0 radical (unpaired) electrons. The lowest BCUT2D eigenvalue weighted by molar-refractivity contribution is 0.128. The highest BCUT2D eigenvalue weighted by Crippen LogP contribution is 2.30. The van der Waals surface area contributed by atoms with Crippen molar-refractivity contribution >= 4 is 17.8 Å². The summed E-state index contributed by atoms with van der Waals surface area (Å²) in [5.41, 5.74) is 2.40. The van der Waals surface area contributed by atoms with Crippen LogP contribution in [0, 0.1) is 0 Å². The van der Waals surface area contributed by atoms with Crippen molar-refractivity contribution in [3.8, 4) is 0 Å². The minimum absolute atomic E-state index is 0.731. The number of benzene rings is 1. The molecule has 0 amide bonds. The standard InChI is InChI=1S/C12H14OS/c1-2-10-3-5-11(6-4-10)7-13-8-12-9-14-12/h2-6,12H,1,7-9H2. The average Bonchev–Trinajstić information content (AvgIpc) is 3.03. The molecule has 0 aromatic heterocycles. The van der Waals surface area contributed by atoms with Gasteiger partial charge in [-0.25, -0.2) is 0 Å². The van der Waals surface area contributed by atoms with Gasteiger partial charge in [0.15, 0.2) is 0 Å². The zero-order valence-electron chi connectivity index (χ0n) is 8.11. The van der Waals surface area contributed by atoms with E-state index in [0.29, 0.717) is 0 Å². The third-order valence-electron chi connectivity index (χ3n) is 2.19. The van der Waals surface area contributed by atoms with Crippen molar-refractivity contribution in [3.63, 3.8) is 0 Å². The highest BCUT2D eigenvalue weighted by atomic mass is 32.2. The van der Waals surface area contributed by atoms with E-state index in [0.717, 1.165) is 24.0 Å². The number of hydrogen-bond acceptors (Lipinski definition) is 2. The van der Waals surface area contributed by atoms with Crippen molar-refractivity contribution in [1.29, 1.82) is 0 Å². The van der Waals surface area contributed by atoms with Crippen LogP contribution in [0.1, 0.15) is 11.1 Å². The molecule has 1 heterocycles. The van der Waals surface area contributed by atoms with Crippen molar-refractivity contribution in [2.45, 2.75) is 11.9 Å². The molecule has 1 aliphatic heterocycles. The lowest BCUT2D eigenvalue weighted by atomic mass is 10.1. The molecule has 0 N–H and O–H groups in total. The number of rotatable bonds is 5. The summed E-state index contributed by atoms with van der Waals surface area (Å²) in [6.45, 7) is 5.35. The van der Waals surface area contributed by atoms with Crippen molar-refractivity contribution in [2.24, 2.45) is 0 Å². The van der Waals surface area contributed by atoms with Crippen LogP contribution in [0.15, 0.2) is 30.8 Å². The third kappa shape index (κ3) is 2.89. The topological polar surface area (TPSA) is 9.23 Å². The fourth-order valence-electron chi connectivity index (χ4n) is 1.22. The minimum Gasteiger partial charge on any atom is -0.376 e. The smallest absolute Gasteiger partial charge is 0.0717 e. The normalized spacial score (nSPS) is 19.3. The fourth-order valence-corrected chi connectivity index (χ4v) is 1.65. The van der Waals surface area contributed by atoms with Gasteiger partial charge in [0.2, 0.25) is 0 Å². The second kappa shape index (κ2) is 4.67. The Morgan fingerprint density at radius 2 is 2.14 bits per heavy atom. The summed E-state index contributed by atoms with van der Waals surface area (Å²) < 4.78 is 5.57. The van der Waals surface area contributed by atoms with Crippen LogP contribution in [-0.2, 0) is 11.3 Å². The van der Waals surface area contributed by atoms with Crippen LogP contribution < -0.4 is 0 Å². The molecule has 1 fully saturated rings. The maximum absolute atomic E-state index is 5.57. The lowest BCUT2D eigenvalue weighted by Crippen LogP contribution is -2.00. The first-order chi connectivity index (χ1) is 6.88. The molecule has 1 aliphatic rings. The molecule has 74 valence electrons. The molecule has 1 atom stereocenters. The predicted molar refractivity (Wildman–Crippen MR) is 62.4 cm³/mol. The molecule has 1 aromatic rings. The van der Waals surface area contributed by atoms with Crippen LogP contribution >= 0.6 is 11.8 Å². The maximum Gasteiger partial charge on any atom is 0.0717 e. The van der Waals surface area contributed by atoms with Crippen molar-refractivity contribution in [2.75, 3.05) is 12.4 Å². The molecular formula is C12H14OS. The van der Waals surface area contributed by atoms with E-state index in [1.54, 1.807) is 0 Å². The van der Waals surface area contributed by atoms with Crippen LogP contribution in [0.2, 0.25) is 0 Å². The second-order valence-corrected chi connectivity index (χ2v) is 4.75. The summed E-state index contributed by atoms with van der Waals surface area (Å²) in [7, 11) is 0. The summed E-state index contributed by atoms with van der Waals surface area (Å²) >= 11 is 1.97. The molecule has 1 unspecified atom stereocenters. The molecule has 0 aliphatic carbocycles. The van der Waals surface area contributed by atoms with Gasteiger partial charge in [-0.05, 0) is 11.1 Å². The highest BCUT2D eigenvalue weighted by molar-refractivity contribution is 8.06. The van der Waals surface area contributed by atoms with Crippen LogP contribution in [-0.4, -0.2) is 17.6 Å². The van der Waals surface area contributed by atoms with E-state index in [1.807, 2.05) is 17.8 Å².